The Morgan fingerprint density at radius 1 is 1.21 bits per heavy atom. The van der Waals surface area contributed by atoms with Crippen LogP contribution in [0.3, 0.4) is 0 Å². The van der Waals surface area contributed by atoms with E-state index in [1.165, 1.54) is 23.5 Å². The maximum atomic E-state index is 13.5. The molecule has 3 rings (SSSR count). The lowest BCUT2D eigenvalue weighted by Crippen LogP contribution is -2.43. The van der Waals surface area contributed by atoms with Gasteiger partial charge in [0.2, 0.25) is 15.9 Å². The van der Waals surface area contributed by atoms with Crippen molar-refractivity contribution < 1.29 is 22.3 Å². The molecule has 0 aliphatic carbocycles. The van der Waals surface area contributed by atoms with E-state index in [9.17, 15) is 17.6 Å². The van der Waals surface area contributed by atoms with Gasteiger partial charge in [0.15, 0.2) is 0 Å². The number of nitrogens with zero attached hydrogens (tertiary/aromatic N) is 1. The summed E-state index contributed by atoms with van der Waals surface area (Å²) in [6.45, 7) is 3.99. The molecule has 8 heteroatoms. The SMILES string of the molecule is COc1ccc(C)cc1S(=O)(=O)N1CCCC(C(=O)Nc2cc(F)ccc2C)C1. The summed E-state index contributed by atoms with van der Waals surface area (Å²) < 4.78 is 46.5. The number of piperidine rings is 1. The molecule has 2 aromatic carbocycles. The molecule has 0 bridgehead atoms. The molecule has 2 aromatic rings. The minimum Gasteiger partial charge on any atom is -0.495 e. The predicted molar refractivity (Wildman–Crippen MR) is 109 cm³/mol. The Kier molecular flexibility index (Phi) is 6.24. The van der Waals surface area contributed by atoms with Gasteiger partial charge in [0.25, 0.3) is 0 Å². The number of hydrogen-bond donors (Lipinski definition) is 1. The molecule has 1 saturated heterocycles. The zero-order valence-corrected chi connectivity index (χ0v) is 17.6. The number of nitrogens with one attached hydrogen (secondary N) is 1. The van der Waals surface area contributed by atoms with Gasteiger partial charge in [-0.25, -0.2) is 12.8 Å². The molecule has 1 atom stereocenters. The van der Waals surface area contributed by atoms with Gasteiger partial charge in [0.1, 0.15) is 16.5 Å². The molecule has 1 amide bonds. The zero-order valence-electron chi connectivity index (χ0n) is 16.7. The average molecular weight is 421 g/mol. The van der Waals surface area contributed by atoms with E-state index in [1.54, 1.807) is 31.2 Å². The van der Waals surface area contributed by atoms with E-state index in [1.807, 2.05) is 6.92 Å². The van der Waals surface area contributed by atoms with Crippen LogP contribution in [0.5, 0.6) is 5.75 Å². The Morgan fingerprint density at radius 2 is 1.97 bits per heavy atom. The predicted octanol–water partition coefficient (Wildman–Crippen LogP) is 3.49. The van der Waals surface area contributed by atoms with Gasteiger partial charge in [0, 0.05) is 18.8 Å². The quantitative estimate of drug-likeness (QED) is 0.803. The second-order valence-electron chi connectivity index (χ2n) is 7.31. The number of ether oxygens (including phenoxy) is 1. The highest BCUT2D eigenvalue weighted by Crippen LogP contribution is 2.31. The van der Waals surface area contributed by atoms with Crippen LogP contribution in [0.25, 0.3) is 0 Å². The molecule has 1 heterocycles. The molecule has 29 heavy (non-hydrogen) atoms. The van der Waals surface area contributed by atoms with Crippen LogP contribution in [0.1, 0.15) is 24.0 Å². The largest absolute Gasteiger partial charge is 0.495 e. The molecule has 0 radical (unpaired) electrons. The molecule has 6 nitrogen and oxygen atoms in total. The number of amides is 1. The first kappa shape index (κ1) is 21.3. The fourth-order valence-corrected chi connectivity index (χ4v) is 5.23. The first-order valence-corrected chi connectivity index (χ1v) is 10.9. The maximum Gasteiger partial charge on any atom is 0.246 e. The number of anilines is 1. The summed E-state index contributed by atoms with van der Waals surface area (Å²) in [6, 6.07) is 9.17. The van der Waals surface area contributed by atoms with Crippen molar-refractivity contribution in [1.29, 1.82) is 0 Å². The van der Waals surface area contributed by atoms with Crippen LogP contribution in [0.15, 0.2) is 41.3 Å². The molecule has 1 fully saturated rings. The van der Waals surface area contributed by atoms with Gasteiger partial charge >= 0.3 is 0 Å². The first-order chi connectivity index (χ1) is 13.7. The van der Waals surface area contributed by atoms with Crippen molar-refractivity contribution in [1.82, 2.24) is 4.31 Å². The number of benzene rings is 2. The van der Waals surface area contributed by atoms with Crippen LogP contribution < -0.4 is 10.1 Å². The molecule has 0 saturated carbocycles. The van der Waals surface area contributed by atoms with E-state index in [0.717, 1.165) is 11.1 Å². The van der Waals surface area contributed by atoms with Crippen molar-refractivity contribution in [2.45, 2.75) is 31.6 Å². The first-order valence-electron chi connectivity index (χ1n) is 9.44. The molecule has 156 valence electrons. The number of rotatable bonds is 5. The standard InChI is InChI=1S/C21H25FN2O4S/c1-14-6-9-19(28-3)20(11-14)29(26,27)24-10-4-5-16(13-24)21(25)23-18-12-17(22)8-7-15(18)2/h6-9,11-12,16H,4-5,10,13H2,1-3H3,(H,23,25). The van der Waals surface area contributed by atoms with E-state index >= 15 is 0 Å². The number of halogens is 1. The highest BCUT2D eigenvalue weighted by Gasteiger charge is 2.35. The third kappa shape index (κ3) is 4.59. The van der Waals surface area contributed by atoms with Crippen LogP contribution in [0.2, 0.25) is 0 Å². The summed E-state index contributed by atoms with van der Waals surface area (Å²) >= 11 is 0. The Hall–Kier alpha value is -2.45. The Balaban J connectivity index is 1.80. The third-order valence-electron chi connectivity index (χ3n) is 5.15. The number of carbonyl (C=O) groups is 1. The summed E-state index contributed by atoms with van der Waals surface area (Å²) in [5.41, 5.74) is 1.94. The Bertz CT molecular complexity index is 1020. The maximum absolute atomic E-state index is 13.5. The summed E-state index contributed by atoms with van der Waals surface area (Å²) in [5.74, 6) is -0.991. The fraction of sp³-hybridized carbons (Fsp3) is 0.381. The van der Waals surface area contributed by atoms with E-state index in [2.05, 4.69) is 5.32 Å². The van der Waals surface area contributed by atoms with Gasteiger partial charge in [-0.3, -0.25) is 4.79 Å². The number of sulfonamides is 1. The van der Waals surface area contributed by atoms with E-state index in [-0.39, 0.29) is 23.1 Å². The number of carbonyl (C=O) groups excluding carboxylic acids is 1. The fourth-order valence-electron chi connectivity index (χ4n) is 3.46. The molecule has 1 unspecified atom stereocenters. The van der Waals surface area contributed by atoms with Crippen molar-refractivity contribution in [2.75, 3.05) is 25.5 Å². The van der Waals surface area contributed by atoms with Crippen LogP contribution in [-0.2, 0) is 14.8 Å². The lowest BCUT2D eigenvalue weighted by atomic mass is 9.98. The van der Waals surface area contributed by atoms with Crippen molar-refractivity contribution in [3.05, 3.63) is 53.3 Å². The van der Waals surface area contributed by atoms with Gasteiger partial charge < -0.3 is 10.1 Å². The normalized spacial score (nSPS) is 17.7. The van der Waals surface area contributed by atoms with Gasteiger partial charge in [-0.15, -0.1) is 0 Å². The second kappa shape index (κ2) is 8.51. The third-order valence-corrected chi connectivity index (χ3v) is 7.04. The van der Waals surface area contributed by atoms with Crippen molar-refractivity contribution >= 4 is 21.6 Å². The highest BCUT2D eigenvalue weighted by atomic mass is 32.2. The lowest BCUT2D eigenvalue weighted by Gasteiger charge is -2.31. The van der Waals surface area contributed by atoms with Gasteiger partial charge in [-0.1, -0.05) is 12.1 Å². The summed E-state index contributed by atoms with van der Waals surface area (Å²) in [5, 5.41) is 2.74. The Morgan fingerprint density at radius 3 is 2.69 bits per heavy atom. The van der Waals surface area contributed by atoms with Crippen LogP contribution in [0, 0.1) is 25.6 Å². The highest BCUT2D eigenvalue weighted by molar-refractivity contribution is 7.89. The molecule has 1 N–H and O–H groups in total. The number of aryl methyl sites for hydroxylation is 2. The molecule has 1 aliphatic rings. The minimum atomic E-state index is -3.81. The zero-order chi connectivity index (χ0) is 21.2. The van der Waals surface area contributed by atoms with Gasteiger partial charge in [0.05, 0.1) is 13.0 Å². The van der Waals surface area contributed by atoms with Gasteiger partial charge in [-0.2, -0.15) is 4.31 Å². The molecular weight excluding hydrogens is 395 g/mol. The van der Waals surface area contributed by atoms with Crippen LogP contribution >= 0.6 is 0 Å². The van der Waals surface area contributed by atoms with E-state index in [0.29, 0.717) is 25.1 Å². The number of hydrogen-bond acceptors (Lipinski definition) is 4. The van der Waals surface area contributed by atoms with E-state index < -0.39 is 21.8 Å². The minimum absolute atomic E-state index is 0.0691. The van der Waals surface area contributed by atoms with E-state index in [4.69, 9.17) is 4.74 Å². The summed E-state index contributed by atoms with van der Waals surface area (Å²) in [6.07, 6.45) is 1.13. The summed E-state index contributed by atoms with van der Waals surface area (Å²) in [7, 11) is -2.39. The molecule has 0 aromatic heterocycles. The summed E-state index contributed by atoms with van der Waals surface area (Å²) in [4.78, 5) is 12.8. The van der Waals surface area contributed by atoms with Crippen LogP contribution in [0.4, 0.5) is 10.1 Å². The monoisotopic (exact) mass is 420 g/mol. The smallest absolute Gasteiger partial charge is 0.246 e. The van der Waals surface area contributed by atoms with Gasteiger partial charge in [-0.05, 0) is 62.1 Å². The molecule has 1 aliphatic heterocycles. The van der Waals surface area contributed by atoms with Crippen molar-refractivity contribution in [3.63, 3.8) is 0 Å². The second-order valence-corrected chi connectivity index (χ2v) is 9.21. The average Bonchev–Trinajstić information content (AvgIpc) is 2.70. The van der Waals surface area contributed by atoms with Crippen LogP contribution in [-0.4, -0.2) is 38.8 Å². The lowest BCUT2D eigenvalue weighted by molar-refractivity contribution is -0.120. The van der Waals surface area contributed by atoms with Crippen molar-refractivity contribution in [2.24, 2.45) is 5.92 Å². The Labute approximate surface area is 170 Å². The topological polar surface area (TPSA) is 75.7 Å². The molecular formula is C21H25FN2O4S. The number of methoxy groups -OCH3 is 1. The van der Waals surface area contributed by atoms with Crippen molar-refractivity contribution in [3.8, 4) is 5.75 Å². The molecule has 0 spiro atoms.